The fourth-order valence-corrected chi connectivity index (χ4v) is 2.45. The Morgan fingerprint density at radius 1 is 1.11 bits per heavy atom. The van der Waals surface area contributed by atoms with Crippen molar-refractivity contribution in [3.8, 4) is 22.9 Å². The van der Waals surface area contributed by atoms with Crippen molar-refractivity contribution in [2.45, 2.75) is 19.8 Å². The molecular formula is C20H21BrN4O2. The Hall–Kier alpha value is -2.54. The predicted molar refractivity (Wildman–Crippen MR) is 107 cm³/mol. The van der Waals surface area contributed by atoms with E-state index in [2.05, 4.69) is 35.9 Å². The minimum Gasteiger partial charge on any atom is -0.495 e. The molecule has 0 amide bonds. The second-order valence-electron chi connectivity index (χ2n) is 6.14. The highest BCUT2D eigenvalue weighted by Gasteiger charge is 2.23. The van der Waals surface area contributed by atoms with Gasteiger partial charge in [0.2, 0.25) is 5.88 Å². The molecule has 0 spiro atoms. The van der Waals surface area contributed by atoms with Gasteiger partial charge < -0.3 is 9.47 Å². The molecule has 3 heterocycles. The Kier molecular flexibility index (Phi) is 6.70. The van der Waals surface area contributed by atoms with Gasteiger partial charge in [0.1, 0.15) is 11.6 Å². The van der Waals surface area contributed by atoms with E-state index in [1.807, 2.05) is 31.2 Å². The van der Waals surface area contributed by atoms with Crippen LogP contribution in [0.2, 0.25) is 0 Å². The van der Waals surface area contributed by atoms with Crippen LogP contribution in [-0.2, 0) is 0 Å². The topological polar surface area (TPSA) is 70.0 Å². The highest BCUT2D eigenvalue weighted by Crippen LogP contribution is 2.32. The Morgan fingerprint density at radius 3 is 2.56 bits per heavy atom. The lowest BCUT2D eigenvalue weighted by Gasteiger charge is -2.10. The summed E-state index contributed by atoms with van der Waals surface area (Å²) in [5, 5.41) is 0. The molecule has 1 fully saturated rings. The summed E-state index contributed by atoms with van der Waals surface area (Å²) >= 11 is 3.38. The summed E-state index contributed by atoms with van der Waals surface area (Å²) in [6.45, 7) is 2.60. The molecule has 0 bridgehead atoms. The summed E-state index contributed by atoms with van der Waals surface area (Å²) in [5.74, 6) is 2.84. The Morgan fingerprint density at radius 2 is 1.96 bits per heavy atom. The van der Waals surface area contributed by atoms with Crippen molar-refractivity contribution < 1.29 is 9.47 Å². The molecule has 0 aromatic carbocycles. The molecule has 0 saturated heterocycles. The zero-order valence-corrected chi connectivity index (χ0v) is 16.9. The highest BCUT2D eigenvalue weighted by molar-refractivity contribution is 9.10. The van der Waals surface area contributed by atoms with Crippen LogP contribution in [0.5, 0.6) is 11.6 Å². The average Bonchev–Trinajstić information content (AvgIpc) is 3.53. The standard InChI is InChI=1S/C14H14BrN3O.C6H7NO/c1-9-16-7-12(13-5-4-11(15)6-17-13)14(18-9)19-8-10-2-3-10;1-8-6-3-2-4-7-5-6/h4-7,10H,2-3,8H2,1H3;2-5H,1H3. The van der Waals surface area contributed by atoms with E-state index in [9.17, 15) is 0 Å². The normalized spacial score (nSPS) is 12.7. The lowest BCUT2D eigenvalue weighted by Crippen LogP contribution is -2.04. The van der Waals surface area contributed by atoms with Crippen molar-refractivity contribution in [3.63, 3.8) is 0 Å². The van der Waals surface area contributed by atoms with E-state index in [-0.39, 0.29) is 0 Å². The largest absolute Gasteiger partial charge is 0.495 e. The lowest BCUT2D eigenvalue weighted by atomic mass is 10.2. The van der Waals surface area contributed by atoms with Gasteiger partial charge in [0, 0.05) is 23.1 Å². The predicted octanol–water partition coefficient (Wildman–Crippen LogP) is 4.49. The Balaban J connectivity index is 0.000000221. The quantitative estimate of drug-likeness (QED) is 0.596. The number of hydrogen-bond acceptors (Lipinski definition) is 6. The third-order valence-corrected chi connectivity index (χ3v) is 4.37. The van der Waals surface area contributed by atoms with Crippen LogP contribution in [0.25, 0.3) is 11.3 Å². The third-order valence-electron chi connectivity index (χ3n) is 3.90. The first-order valence-corrected chi connectivity index (χ1v) is 9.47. The number of pyridine rings is 2. The van der Waals surface area contributed by atoms with Crippen LogP contribution in [0.4, 0.5) is 0 Å². The summed E-state index contributed by atoms with van der Waals surface area (Å²) < 4.78 is 11.6. The van der Waals surface area contributed by atoms with E-state index in [0.29, 0.717) is 17.6 Å². The number of methoxy groups -OCH3 is 1. The monoisotopic (exact) mass is 428 g/mol. The van der Waals surface area contributed by atoms with Gasteiger partial charge in [-0.3, -0.25) is 9.97 Å². The average molecular weight is 429 g/mol. The minimum atomic E-state index is 0.634. The molecule has 0 aliphatic heterocycles. The van der Waals surface area contributed by atoms with Gasteiger partial charge in [0.25, 0.3) is 0 Å². The molecule has 0 atom stereocenters. The molecule has 1 saturated carbocycles. The van der Waals surface area contributed by atoms with Crippen molar-refractivity contribution in [3.05, 3.63) is 59.3 Å². The van der Waals surface area contributed by atoms with Gasteiger partial charge in [-0.25, -0.2) is 4.98 Å². The van der Waals surface area contributed by atoms with Gasteiger partial charge in [0.15, 0.2) is 0 Å². The first-order chi connectivity index (χ1) is 13.2. The summed E-state index contributed by atoms with van der Waals surface area (Å²) in [4.78, 5) is 16.8. The fourth-order valence-electron chi connectivity index (χ4n) is 2.22. The van der Waals surface area contributed by atoms with Crippen molar-refractivity contribution in [2.75, 3.05) is 13.7 Å². The fraction of sp³-hybridized carbons (Fsp3) is 0.300. The first kappa shape index (κ1) is 19.2. The van der Waals surface area contributed by atoms with Gasteiger partial charge in [0.05, 0.1) is 31.2 Å². The molecule has 1 aliphatic carbocycles. The molecule has 140 valence electrons. The molecule has 27 heavy (non-hydrogen) atoms. The highest BCUT2D eigenvalue weighted by atomic mass is 79.9. The van der Waals surface area contributed by atoms with Gasteiger partial charge in [-0.2, -0.15) is 4.98 Å². The number of rotatable bonds is 5. The van der Waals surface area contributed by atoms with Gasteiger partial charge in [-0.1, -0.05) is 0 Å². The number of halogens is 1. The number of aryl methyl sites for hydroxylation is 1. The summed E-state index contributed by atoms with van der Waals surface area (Å²) in [6, 6.07) is 7.57. The maximum atomic E-state index is 5.82. The smallest absolute Gasteiger partial charge is 0.226 e. The van der Waals surface area contributed by atoms with Crippen LogP contribution in [0.15, 0.2) is 53.5 Å². The molecule has 1 aliphatic rings. The second-order valence-corrected chi connectivity index (χ2v) is 7.06. The van der Waals surface area contributed by atoms with Crippen LogP contribution < -0.4 is 9.47 Å². The van der Waals surface area contributed by atoms with E-state index >= 15 is 0 Å². The van der Waals surface area contributed by atoms with Crippen molar-refractivity contribution in [1.82, 2.24) is 19.9 Å². The number of hydrogen-bond donors (Lipinski definition) is 0. The molecule has 0 unspecified atom stereocenters. The molecule has 3 aromatic heterocycles. The number of aromatic nitrogens is 4. The van der Waals surface area contributed by atoms with Crippen molar-refractivity contribution in [1.29, 1.82) is 0 Å². The SMILES string of the molecule is COc1cccnc1.Cc1ncc(-c2ccc(Br)cn2)c(OCC2CC2)n1. The van der Waals surface area contributed by atoms with Gasteiger partial charge in [-0.15, -0.1) is 0 Å². The molecular weight excluding hydrogens is 408 g/mol. The second kappa shape index (κ2) is 9.41. The summed E-state index contributed by atoms with van der Waals surface area (Å²) in [6.07, 6.45) is 9.44. The van der Waals surface area contributed by atoms with Crippen LogP contribution in [0.3, 0.4) is 0 Å². The Labute approximate surface area is 167 Å². The van der Waals surface area contributed by atoms with E-state index in [0.717, 1.165) is 28.1 Å². The van der Waals surface area contributed by atoms with Crippen LogP contribution in [-0.4, -0.2) is 33.7 Å². The molecule has 3 aromatic rings. The van der Waals surface area contributed by atoms with Gasteiger partial charge >= 0.3 is 0 Å². The summed E-state index contributed by atoms with van der Waals surface area (Å²) in [7, 11) is 1.62. The van der Waals surface area contributed by atoms with E-state index in [1.54, 1.807) is 31.9 Å². The number of nitrogens with zero attached hydrogens (tertiary/aromatic N) is 4. The molecule has 0 N–H and O–H groups in total. The third kappa shape index (κ3) is 5.99. The summed E-state index contributed by atoms with van der Waals surface area (Å²) in [5.41, 5.74) is 1.67. The van der Waals surface area contributed by atoms with Crippen molar-refractivity contribution >= 4 is 15.9 Å². The maximum absolute atomic E-state index is 5.82. The molecule has 6 nitrogen and oxygen atoms in total. The maximum Gasteiger partial charge on any atom is 0.226 e. The Bertz CT molecular complexity index is 856. The van der Waals surface area contributed by atoms with Crippen LogP contribution in [0, 0.1) is 12.8 Å². The zero-order valence-electron chi connectivity index (χ0n) is 15.3. The molecule has 7 heteroatoms. The lowest BCUT2D eigenvalue weighted by molar-refractivity contribution is 0.288. The number of ether oxygens (including phenoxy) is 2. The van der Waals surface area contributed by atoms with Gasteiger partial charge in [-0.05, 0) is 65.9 Å². The van der Waals surface area contributed by atoms with E-state index in [4.69, 9.17) is 9.47 Å². The van der Waals surface area contributed by atoms with E-state index in [1.165, 1.54) is 12.8 Å². The van der Waals surface area contributed by atoms with Crippen molar-refractivity contribution in [2.24, 2.45) is 5.92 Å². The van der Waals surface area contributed by atoms with E-state index < -0.39 is 0 Å². The molecule has 4 rings (SSSR count). The minimum absolute atomic E-state index is 0.634. The molecule has 0 radical (unpaired) electrons. The zero-order chi connectivity index (χ0) is 19.1. The first-order valence-electron chi connectivity index (χ1n) is 8.68. The van der Waals surface area contributed by atoms with Crippen LogP contribution >= 0.6 is 15.9 Å². The van der Waals surface area contributed by atoms with Crippen LogP contribution in [0.1, 0.15) is 18.7 Å².